The van der Waals surface area contributed by atoms with Crippen LogP contribution in [0.1, 0.15) is 15.6 Å². The first-order valence-electron chi connectivity index (χ1n) is 3.99. The van der Waals surface area contributed by atoms with Crippen LogP contribution in [0.3, 0.4) is 0 Å². The van der Waals surface area contributed by atoms with Crippen molar-refractivity contribution in [2.24, 2.45) is 0 Å². The highest BCUT2D eigenvalue weighted by Crippen LogP contribution is 2.20. The number of carbonyl (C=O) groups is 1. The fraction of sp³-hybridized carbons (Fsp3) is 0.333. The minimum absolute atomic E-state index is 0.406. The van der Waals surface area contributed by atoms with E-state index < -0.39 is 5.97 Å². The van der Waals surface area contributed by atoms with E-state index in [1.165, 1.54) is 11.3 Å². The van der Waals surface area contributed by atoms with Crippen LogP contribution in [0.25, 0.3) is 6.08 Å². The van der Waals surface area contributed by atoms with Crippen molar-refractivity contribution in [3.63, 3.8) is 0 Å². The number of carboxylic acid groups (broad SMARTS) is 1. The Labute approximate surface area is 85.9 Å². The maximum atomic E-state index is 10.3. The molecule has 0 atom stereocenters. The lowest BCUT2D eigenvalue weighted by molar-refractivity contribution is -0.131. The lowest BCUT2D eigenvalue weighted by Crippen LogP contribution is -1.91. The number of rotatable bonds is 4. The van der Waals surface area contributed by atoms with Crippen molar-refractivity contribution < 1.29 is 14.6 Å². The molecule has 1 aromatic rings. The van der Waals surface area contributed by atoms with Crippen molar-refractivity contribution in [2.75, 3.05) is 7.11 Å². The Balaban J connectivity index is 2.89. The Kier molecular flexibility index (Phi) is 3.79. The van der Waals surface area contributed by atoms with Crippen molar-refractivity contribution in [2.45, 2.75) is 13.5 Å². The molecule has 4 nitrogen and oxygen atoms in total. The van der Waals surface area contributed by atoms with Crippen LogP contribution in [0.2, 0.25) is 0 Å². The van der Waals surface area contributed by atoms with Gasteiger partial charge in [0.05, 0.1) is 22.2 Å². The van der Waals surface area contributed by atoms with Gasteiger partial charge in [-0.15, -0.1) is 11.3 Å². The summed E-state index contributed by atoms with van der Waals surface area (Å²) in [6, 6.07) is 0. The number of nitrogens with zero attached hydrogens (tertiary/aromatic N) is 1. The van der Waals surface area contributed by atoms with Crippen LogP contribution in [0.5, 0.6) is 0 Å². The summed E-state index contributed by atoms with van der Waals surface area (Å²) in [5.41, 5.74) is 0.785. The molecule has 0 aromatic carbocycles. The maximum Gasteiger partial charge on any atom is 0.328 e. The minimum atomic E-state index is -0.959. The van der Waals surface area contributed by atoms with Crippen molar-refractivity contribution in [3.05, 3.63) is 21.7 Å². The number of methoxy groups -OCH3 is 1. The number of carboxylic acids is 1. The molecule has 5 heteroatoms. The van der Waals surface area contributed by atoms with Gasteiger partial charge < -0.3 is 9.84 Å². The monoisotopic (exact) mass is 213 g/mol. The number of aryl methyl sites for hydroxylation is 1. The largest absolute Gasteiger partial charge is 0.478 e. The first-order chi connectivity index (χ1) is 6.63. The average Bonchev–Trinajstić information content (AvgIpc) is 2.44. The van der Waals surface area contributed by atoms with E-state index in [-0.39, 0.29) is 0 Å². The number of hydrogen-bond acceptors (Lipinski definition) is 4. The summed E-state index contributed by atoms with van der Waals surface area (Å²) in [4.78, 5) is 15.4. The van der Waals surface area contributed by atoms with Crippen LogP contribution in [-0.2, 0) is 16.1 Å². The standard InChI is InChI=1S/C9H11NO3S/c1-6-10-7(5-13-2)8(14-6)3-4-9(11)12/h3-4H,5H2,1-2H3,(H,11,12)/b4-3+. The number of aromatic nitrogens is 1. The third-order valence-corrected chi connectivity index (χ3v) is 2.47. The summed E-state index contributed by atoms with van der Waals surface area (Å²) in [6.07, 6.45) is 2.65. The second-order valence-corrected chi connectivity index (χ2v) is 3.88. The van der Waals surface area contributed by atoms with E-state index >= 15 is 0 Å². The molecule has 0 aliphatic heterocycles. The number of thiazole rings is 1. The van der Waals surface area contributed by atoms with Crippen molar-refractivity contribution in [3.8, 4) is 0 Å². The quantitative estimate of drug-likeness (QED) is 0.773. The highest BCUT2D eigenvalue weighted by Gasteiger charge is 2.05. The molecule has 0 aliphatic carbocycles. The molecule has 14 heavy (non-hydrogen) atoms. The first-order valence-corrected chi connectivity index (χ1v) is 4.81. The predicted octanol–water partition coefficient (Wildman–Crippen LogP) is 1.70. The van der Waals surface area contributed by atoms with E-state index in [0.717, 1.165) is 21.7 Å². The third-order valence-electron chi connectivity index (χ3n) is 1.49. The molecule has 0 amide bonds. The van der Waals surface area contributed by atoms with Crippen LogP contribution >= 0.6 is 11.3 Å². The number of ether oxygens (including phenoxy) is 1. The molecule has 1 rings (SSSR count). The summed E-state index contributed by atoms with van der Waals surface area (Å²) >= 11 is 1.46. The van der Waals surface area contributed by atoms with Crippen LogP contribution in [0.15, 0.2) is 6.08 Å². The molecule has 1 N–H and O–H groups in total. The SMILES string of the molecule is COCc1nc(C)sc1/C=C/C(=O)O. The fourth-order valence-corrected chi connectivity index (χ4v) is 1.84. The third kappa shape index (κ3) is 2.93. The molecule has 0 radical (unpaired) electrons. The van der Waals surface area contributed by atoms with Gasteiger partial charge in [-0.2, -0.15) is 0 Å². The molecule has 76 valence electrons. The molecular weight excluding hydrogens is 202 g/mol. The fourth-order valence-electron chi connectivity index (χ4n) is 1.00. The summed E-state index contributed by atoms with van der Waals surface area (Å²) in [7, 11) is 1.58. The van der Waals surface area contributed by atoms with Gasteiger partial charge in [0.2, 0.25) is 0 Å². The lowest BCUT2D eigenvalue weighted by Gasteiger charge is -1.94. The second-order valence-electron chi connectivity index (χ2n) is 2.65. The van der Waals surface area contributed by atoms with E-state index in [9.17, 15) is 4.79 Å². The van der Waals surface area contributed by atoms with Crippen LogP contribution < -0.4 is 0 Å². The molecule has 0 fully saturated rings. The van der Waals surface area contributed by atoms with Crippen molar-refractivity contribution in [1.82, 2.24) is 4.98 Å². The van der Waals surface area contributed by atoms with Gasteiger partial charge in [-0.1, -0.05) is 0 Å². The molecular formula is C9H11NO3S. The topological polar surface area (TPSA) is 59.4 Å². The molecule has 0 saturated heterocycles. The molecule has 0 spiro atoms. The average molecular weight is 213 g/mol. The highest BCUT2D eigenvalue weighted by atomic mass is 32.1. The zero-order valence-electron chi connectivity index (χ0n) is 7.98. The lowest BCUT2D eigenvalue weighted by atomic mass is 10.3. The van der Waals surface area contributed by atoms with E-state index in [2.05, 4.69) is 4.98 Å². The summed E-state index contributed by atoms with van der Waals surface area (Å²) in [5, 5.41) is 9.37. The predicted molar refractivity (Wildman–Crippen MR) is 54.2 cm³/mol. The highest BCUT2D eigenvalue weighted by molar-refractivity contribution is 7.12. The first kappa shape index (κ1) is 10.9. The van der Waals surface area contributed by atoms with Gasteiger partial charge in [-0.05, 0) is 13.0 Å². The van der Waals surface area contributed by atoms with Gasteiger partial charge in [0.15, 0.2) is 0 Å². The summed E-state index contributed by atoms with van der Waals surface area (Å²) in [6.45, 7) is 2.28. The molecule has 1 aromatic heterocycles. The Bertz CT molecular complexity index is 357. The van der Waals surface area contributed by atoms with Crippen LogP contribution in [0.4, 0.5) is 0 Å². The summed E-state index contributed by atoms with van der Waals surface area (Å²) < 4.78 is 4.95. The normalized spacial score (nSPS) is 11.0. The molecule has 0 aliphatic rings. The molecule has 0 saturated carbocycles. The number of hydrogen-bond donors (Lipinski definition) is 1. The summed E-state index contributed by atoms with van der Waals surface area (Å²) in [5.74, 6) is -0.959. The van der Waals surface area contributed by atoms with Gasteiger partial charge in [0.25, 0.3) is 0 Å². The van der Waals surface area contributed by atoms with Crippen molar-refractivity contribution >= 4 is 23.4 Å². The molecule has 1 heterocycles. The maximum absolute atomic E-state index is 10.3. The van der Waals surface area contributed by atoms with Crippen molar-refractivity contribution in [1.29, 1.82) is 0 Å². The smallest absolute Gasteiger partial charge is 0.328 e. The van der Waals surface area contributed by atoms with E-state index in [4.69, 9.17) is 9.84 Å². The Morgan fingerprint density at radius 3 is 3.00 bits per heavy atom. The molecule has 0 bridgehead atoms. The van der Waals surface area contributed by atoms with E-state index in [1.807, 2.05) is 6.92 Å². The van der Waals surface area contributed by atoms with Gasteiger partial charge in [0, 0.05) is 13.2 Å². The van der Waals surface area contributed by atoms with E-state index in [0.29, 0.717) is 6.61 Å². The Morgan fingerprint density at radius 1 is 1.71 bits per heavy atom. The minimum Gasteiger partial charge on any atom is -0.478 e. The van der Waals surface area contributed by atoms with Crippen LogP contribution in [0, 0.1) is 6.92 Å². The van der Waals surface area contributed by atoms with Crippen LogP contribution in [-0.4, -0.2) is 23.2 Å². The zero-order chi connectivity index (χ0) is 10.6. The second kappa shape index (κ2) is 4.88. The molecule has 0 unspecified atom stereocenters. The zero-order valence-corrected chi connectivity index (χ0v) is 8.80. The Morgan fingerprint density at radius 2 is 2.43 bits per heavy atom. The van der Waals surface area contributed by atoms with Gasteiger partial charge in [0.1, 0.15) is 0 Å². The van der Waals surface area contributed by atoms with E-state index in [1.54, 1.807) is 13.2 Å². The van der Waals surface area contributed by atoms with Gasteiger partial charge in [-0.25, -0.2) is 9.78 Å². The van der Waals surface area contributed by atoms with Gasteiger partial charge in [-0.3, -0.25) is 0 Å². The Hall–Kier alpha value is -1.20. The van der Waals surface area contributed by atoms with Gasteiger partial charge >= 0.3 is 5.97 Å². The number of aliphatic carboxylic acids is 1.